The number of ether oxygens (including phenoxy) is 1. The first kappa shape index (κ1) is 20.7. The summed E-state index contributed by atoms with van der Waals surface area (Å²) in [4.78, 5) is 37.0. The molecule has 160 valence electrons. The fraction of sp³-hybridized carbons (Fsp3) is 0.0417. The molecule has 0 aliphatic rings. The molecular formula is C24H18N2O6. The Balaban J connectivity index is 1.70. The number of hydrogen-bond acceptors (Lipinski definition) is 7. The minimum atomic E-state index is -0.803. The molecule has 8 heteroatoms. The Morgan fingerprint density at radius 1 is 1.00 bits per heavy atom. The fourth-order valence-corrected chi connectivity index (χ4v) is 3.20. The fourth-order valence-electron chi connectivity index (χ4n) is 3.20. The van der Waals surface area contributed by atoms with Gasteiger partial charge in [-0.3, -0.25) is 4.79 Å². The average Bonchev–Trinajstić information content (AvgIpc) is 2.81. The van der Waals surface area contributed by atoms with Crippen LogP contribution in [0.4, 0.5) is 5.69 Å². The first-order chi connectivity index (χ1) is 15.5. The molecular weight excluding hydrogens is 412 g/mol. The molecule has 0 saturated carbocycles. The van der Waals surface area contributed by atoms with Crippen molar-refractivity contribution >= 4 is 39.3 Å². The molecule has 4 rings (SSSR count). The van der Waals surface area contributed by atoms with Crippen LogP contribution in [-0.2, 0) is 9.53 Å². The molecule has 1 amide bonds. The van der Waals surface area contributed by atoms with E-state index in [0.29, 0.717) is 21.9 Å². The number of carbonyl (C=O) groups is 2. The molecule has 0 atom stereocenters. The number of esters is 1. The van der Waals surface area contributed by atoms with Crippen LogP contribution in [0.5, 0.6) is 5.75 Å². The van der Waals surface area contributed by atoms with E-state index in [-0.39, 0.29) is 17.1 Å². The van der Waals surface area contributed by atoms with Crippen LogP contribution in [-0.4, -0.2) is 24.1 Å². The van der Waals surface area contributed by atoms with Gasteiger partial charge in [0.2, 0.25) is 0 Å². The minimum absolute atomic E-state index is 0.0312. The van der Waals surface area contributed by atoms with Gasteiger partial charge in [-0.15, -0.1) is 0 Å². The lowest BCUT2D eigenvalue weighted by molar-refractivity contribution is -0.136. The van der Waals surface area contributed by atoms with Crippen molar-refractivity contribution in [2.24, 2.45) is 0 Å². The molecule has 3 N–H and O–H groups in total. The number of rotatable bonds is 5. The molecule has 0 fully saturated rings. The molecule has 0 spiro atoms. The number of phenolic OH excluding ortho intramolecular Hbond substituents is 1. The lowest BCUT2D eigenvalue weighted by Gasteiger charge is -2.10. The monoisotopic (exact) mass is 430 g/mol. The summed E-state index contributed by atoms with van der Waals surface area (Å²) in [5.41, 5.74) is -0.154. The Bertz CT molecular complexity index is 1420. The maximum atomic E-state index is 12.4. The number of fused-ring (bicyclic) bond motifs is 3. The zero-order chi connectivity index (χ0) is 22.7. The van der Waals surface area contributed by atoms with Gasteiger partial charge < -0.3 is 24.9 Å². The van der Waals surface area contributed by atoms with Gasteiger partial charge in [0.05, 0.1) is 7.11 Å². The molecule has 0 unspecified atom stereocenters. The Morgan fingerprint density at radius 3 is 2.50 bits per heavy atom. The van der Waals surface area contributed by atoms with Gasteiger partial charge in [-0.05, 0) is 47.2 Å². The molecule has 32 heavy (non-hydrogen) atoms. The van der Waals surface area contributed by atoms with Crippen LogP contribution in [0.3, 0.4) is 0 Å². The van der Waals surface area contributed by atoms with Crippen molar-refractivity contribution in [3.8, 4) is 5.75 Å². The Labute approximate surface area is 181 Å². The Kier molecular flexibility index (Phi) is 5.59. The van der Waals surface area contributed by atoms with Gasteiger partial charge in [0.25, 0.3) is 5.91 Å². The molecule has 8 nitrogen and oxygen atoms in total. The van der Waals surface area contributed by atoms with Crippen molar-refractivity contribution in [1.29, 1.82) is 0 Å². The van der Waals surface area contributed by atoms with E-state index >= 15 is 0 Å². The summed E-state index contributed by atoms with van der Waals surface area (Å²) in [6.07, 6.45) is 1.16. The Hall–Kier alpha value is -4.59. The second-order valence-electron chi connectivity index (χ2n) is 6.84. The van der Waals surface area contributed by atoms with E-state index in [0.717, 1.165) is 11.6 Å². The van der Waals surface area contributed by atoms with Crippen molar-refractivity contribution < 1.29 is 23.8 Å². The SMILES string of the molecule is COC(=O)/C(=C\Nc1cc2c(ccc3ccc(O)cc32)oc1=O)NC(=O)c1ccccc1. The summed E-state index contributed by atoms with van der Waals surface area (Å²) in [5.74, 6) is -1.25. The lowest BCUT2D eigenvalue weighted by atomic mass is 10.1. The molecule has 0 saturated heterocycles. The summed E-state index contributed by atoms with van der Waals surface area (Å²) < 4.78 is 10.1. The lowest BCUT2D eigenvalue weighted by Crippen LogP contribution is -2.29. The van der Waals surface area contributed by atoms with Crippen molar-refractivity contribution in [2.45, 2.75) is 0 Å². The molecule has 0 aliphatic carbocycles. The van der Waals surface area contributed by atoms with E-state index in [1.54, 1.807) is 66.7 Å². The summed E-state index contributed by atoms with van der Waals surface area (Å²) >= 11 is 0. The topological polar surface area (TPSA) is 118 Å². The molecule has 0 radical (unpaired) electrons. The van der Waals surface area contributed by atoms with Crippen LogP contribution in [0.15, 0.2) is 87.8 Å². The van der Waals surface area contributed by atoms with Crippen molar-refractivity contribution in [3.63, 3.8) is 0 Å². The van der Waals surface area contributed by atoms with Crippen molar-refractivity contribution in [1.82, 2.24) is 5.32 Å². The van der Waals surface area contributed by atoms with Crippen LogP contribution >= 0.6 is 0 Å². The van der Waals surface area contributed by atoms with Gasteiger partial charge in [-0.2, -0.15) is 0 Å². The van der Waals surface area contributed by atoms with E-state index in [2.05, 4.69) is 10.6 Å². The number of methoxy groups -OCH3 is 1. The van der Waals surface area contributed by atoms with Gasteiger partial charge in [0.15, 0.2) is 0 Å². The van der Waals surface area contributed by atoms with Gasteiger partial charge in [-0.1, -0.05) is 30.3 Å². The minimum Gasteiger partial charge on any atom is -0.508 e. The summed E-state index contributed by atoms with van der Waals surface area (Å²) in [5, 5.41) is 17.1. The normalized spacial score (nSPS) is 11.3. The quantitative estimate of drug-likeness (QED) is 0.192. The predicted molar refractivity (Wildman–Crippen MR) is 119 cm³/mol. The van der Waals surface area contributed by atoms with E-state index < -0.39 is 17.5 Å². The third-order valence-corrected chi connectivity index (χ3v) is 4.78. The third-order valence-electron chi connectivity index (χ3n) is 4.78. The largest absolute Gasteiger partial charge is 0.508 e. The third kappa shape index (κ3) is 4.15. The number of benzene rings is 3. The molecule has 4 aromatic rings. The second kappa shape index (κ2) is 8.65. The zero-order valence-electron chi connectivity index (χ0n) is 16.9. The number of carbonyl (C=O) groups excluding carboxylic acids is 2. The zero-order valence-corrected chi connectivity index (χ0v) is 16.9. The van der Waals surface area contributed by atoms with Crippen molar-refractivity contribution in [2.75, 3.05) is 12.4 Å². The van der Waals surface area contributed by atoms with Gasteiger partial charge in [0.1, 0.15) is 22.7 Å². The molecule has 1 aromatic heterocycles. The molecule has 3 aromatic carbocycles. The number of hydrogen-bond donors (Lipinski definition) is 3. The maximum absolute atomic E-state index is 12.4. The van der Waals surface area contributed by atoms with Gasteiger partial charge in [0, 0.05) is 17.1 Å². The number of anilines is 1. The first-order valence-electron chi connectivity index (χ1n) is 9.57. The summed E-state index contributed by atoms with van der Waals surface area (Å²) in [6, 6.07) is 18.2. The summed E-state index contributed by atoms with van der Waals surface area (Å²) in [7, 11) is 1.17. The molecule has 0 aliphatic heterocycles. The van der Waals surface area contributed by atoms with Crippen LogP contribution in [0, 0.1) is 0 Å². The van der Waals surface area contributed by atoms with Crippen LogP contribution in [0.25, 0.3) is 21.7 Å². The first-order valence-corrected chi connectivity index (χ1v) is 9.57. The predicted octanol–water partition coefficient (Wildman–Crippen LogP) is 3.51. The number of nitrogens with one attached hydrogen (secondary N) is 2. The van der Waals surface area contributed by atoms with E-state index in [1.807, 2.05) is 0 Å². The molecule has 0 bridgehead atoms. The van der Waals surface area contributed by atoms with Gasteiger partial charge in [-0.25, -0.2) is 9.59 Å². The van der Waals surface area contributed by atoms with Gasteiger partial charge >= 0.3 is 11.6 Å². The Morgan fingerprint density at radius 2 is 1.75 bits per heavy atom. The van der Waals surface area contributed by atoms with E-state index in [9.17, 15) is 19.5 Å². The summed E-state index contributed by atoms with van der Waals surface area (Å²) in [6.45, 7) is 0. The maximum Gasteiger partial charge on any atom is 0.360 e. The highest BCUT2D eigenvalue weighted by atomic mass is 16.5. The van der Waals surface area contributed by atoms with Crippen molar-refractivity contribution in [3.05, 3.63) is 94.6 Å². The van der Waals surface area contributed by atoms with Crippen LogP contribution < -0.4 is 16.3 Å². The highest BCUT2D eigenvalue weighted by Gasteiger charge is 2.15. The van der Waals surface area contributed by atoms with E-state index in [1.165, 1.54) is 7.11 Å². The van der Waals surface area contributed by atoms with E-state index in [4.69, 9.17) is 9.15 Å². The standard InChI is InChI=1S/C24H18N2O6/c1-31-23(29)20(26-22(28)15-5-3-2-4-6-15)13-25-19-12-18-17-11-16(27)9-7-14(17)8-10-21(18)32-24(19)30/h2-13,25,27H,1H3,(H,26,28)/b20-13+. The van der Waals surface area contributed by atoms with Crippen LogP contribution in [0.2, 0.25) is 0 Å². The molecule has 1 heterocycles. The highest BCUT2D eigenvalue weighted by Crippen LogP contribution is 2.29. The second-order valence-corrected chi connectivity index (χ2v) is 6.84. The average molecular weight is 430 g/mol. The smallest absolute Gasteiger partial charge is 0.360 e. The highest BCUT2D eigenvalue weighted by molar-refractivity contribution is 6.07. The number of aromatic hydroxyl groups is 1. The number of amides is 1. The number of phenols is 1. The van der Waals surface area contributed by atoms with Crippen LogP contribution in [0.1, 0.15) is 10.4 Å².